The minimum Gasteiger partial charge on any atom is -0.426 e. The van der Waals surface area contributed by atoms with Crippen LogP contribution in [-0.2, 0) is 9.59 Å². The van der Waals surface area contributed by atoms with Gasteiger partial charge >= 0.3 is 11.9 Å². The fraction of sp³-hybridized carbons (Fsp3) is 0.400. The summed E-state index contributed by atoms with van der Waals surface area (Å²) in [4.78, 5) is 33.9. The second-order valence-electron chi connectivity index (χ2n) is 5.01. The number of esters is 2. The zero-order chi connectivity index (χ0) is 15.3. The van der Waals surface area contributed by atoms with Gasteiger partial charge in [0.05, 0.1) is 11.8 Å². The Kier molecular flexibility index (Phi) is 5.43. The first-order valence-corrected chi connectivity index (χ1v) is 6.37. The molecule has 0 aromatic heterocycles. The molecule has 0 atom stereocenters. The lowest BCUT2D eigenvalue weighted by Crippen LogP contribution is -2.16. The highest BCUT2D eigenvalue weighted by molar-refractivity contribution is 5.80. The minimum absolute atomic E-state index is 0.180. The molecule has 1 aromatic carbocycles. The van der Waals surface area contributed by atoms with Crippen molar-refractivity contribution in [3.8, 4) is 11.5 Å². The first kappa shape index (κ1) is 15.9. The third-order valence-corrected chi connectivity index (χ3v) is 2.42. The van der Waals surface area contributed by atoms with E-state index in [-0.39, 0.29) is 28.9 Å². The number of carbonyl (C=O) groups is 3. The van der Waals surface area contributed by atoms with Crippen LogP contribution in [0.15, 0.2) is 18.2 Å². The average molecular weight is 278 g/mol. The van der Waals surface area contributed by atoms with E-state index in [0.29, 0.717) is 6.29 Å². The predicted octanol–water partition coefficient (Wildman–Crippen LogP) is 2.62. The van der Waals surface area contributed by atoms with Crippen molar-refractivity contribution in [3.63, 3.8) is 0 Å². The van der Waals surface area contributed by atoms with Crippen molar-refractivity contribution >= 4 is 18.2 Å². The highest BCUT2D eigenvalue weighted by atomic mass is 16.5. The summed E-state index contributed by atoms with van der Waals surface area (Å²) >= 11 is 0. The van der Waals surface area contributed by atoms with Gasteiger partial charge in [-0.15, -0.1) is 0 Å². The monoisotopic (exact) mass is 278 g/mol. The largest absolute Gasteiger partial charge is 0.426 e. The van der Waals surface area contributed by atoms with Crippen LogP contribution in [0.2, 0.25) is 0 Å². The number of benzene rings is 1. The van der Waals surface area contributed by atoms with Gasteiger partial charge in [0.1, 0.15) is 17.8 Å². The molecule has 108 valence electrons. The number of aldehydes is 1. The average Bonchev–Trinajstić information content (AvgIpc) is 2.37. The molecule has 5 heteroatoms. The van der Waals surface area contributed by atoms with Crippen LogP contribution in [0, 0.1) is 11.8 Å². The van der Waals surface area contributed by atoms with Gasteiger partial charge in [-0.2, -0.15) is 0 Å². The second kappa shape index (κ2) is 6.84. The van der Waals surface area contributed by atoms with Crippen molar-refractivity contribution in [2.45, 2.75) is 27.7 Å². The molecule has 0 aliphatic heterocycles. The summed E-state index contributed by atoms with van der Waals surface area (Å²) in [6, 6.07) is 4.24. The quantitative estimate of drug-likeness (QED) is 0.470. The third-order valence-electron chi connectivity index (χ3n) is 2.42. The fourth-order valence-electron chi connectivity index (χ4n) is 1.25. The Bertz CT molecular complexity index is 477. The zero-order valence-corrected chi connectivity index (χ0v) is 12.0. The Labute approximate surface area is 117 Å². The zero-order valence-electron chi connectivity index (χ0n) is 12.0. The smallest absolute Gasteiger partial charge is 0.313 e. The third kappa shape index (κ3) is 4.50. The molecule has 0 bridgehead atoms. The van der Waals surface area contributed by atoms with E-state index in [9.17, 15) is 14.4 Å². The summed E-state index contributed by atoms with van der Waals surface area (Å²) < 4.78 is 10.2. The van der Waals surface area contributed by atoms with Gasteiger partial charge in [0.25, 0.3) is 0 Å². The molecule has 0 saturated heterocycles. The fourth-order valence-corrected chi connectivity index (χ4v) is 1.25. The molecule has 0 heterocycles. The van der Waals surface area contributed by atoms with Gasteiger partial charge in [-0.3, -0.25) is 14.4 Å². The number of rotatable bonds is 5. The maximum atomic E-state index is 11.5. The molecule has 20 heavy (non-hydrogen) atoms. The SMILES string of the molecule is CC(C)C(=O)Oc1cc(C=O)cc(OC(=O)C(C)C)c1. The highest BCUT2D eigenvalue weighted by Crippen LogP contribution is 2.23. The molecule has 1 aromatic rings. The summed E-state index contributed by atoms with van der Waals surface area (Å²) in [5.41, 5.74) is 0.269. The Hall–Kier alpha value is -2.17. The molecule has 1 rings (SSSR count). The van der Waals surface area contributed by atoms with E-state index in [1.54, 1.807) is 27.7 Å². The van der Waals surface area contributed by atoms with E-state index >= 15 is 0 Å². The Morgan fingerprint density at radius 3 is 1.60 bits per heavy atom. The van der Waals surface area contributed by atoms with Crippen LogP contribution in [0.4, 0.5) is 0 Å². The topological polar surface area (TPSA) is 69.7 Å². The van der Waals surface area contributed by atoms with Gasteiger partial charge < -0.3 is 9.47 Å². The molecular weight excluding hydrogens is 260 g/mol. The predicted molar refractivity (Wildman–Crippen MR) is 72.8 cm³/mol. The Balaban J connectivity index is 2.99. The summed E-state index contributed by atoms with van der Waals surface area (Å²) in [6.45, 7) is 6.80. The van der Waals surface area contributed by atoms with Crippen molar-refractivity contribution in [2.75, 3.05) is 0 Å². The number of hydrogen-bond donors (Lipinski definition) is 0. The van der Waals surface area contributed by atoms with Crippen LogP contribution < -0.4 is 9.47 Å². The first-order valence-electron chi connectivity index (χ1n) is 6.37. The van der Waals surface area contributed by atoms with Crippen LogP contribution in [-0.4, -0.2) is 18.2 Å². The molecule has 0 spiro atoms. The van der Waals surface area contributed by atoms with Gasteiger partial charge in [-0.05, 0) is 12.1 Å². The van der Waals surface area contributed by atoms with E-state index in [1.807, 2.05) is 0 Å². The minimum atomic E-state index is -0.422. The number of hydrogen-bond acceptors (Lipinski definition) is 5. The van der Waals surface area contributed by atoms with Gasteiger partial charge in [0, 0.05) is 11.6 Å². The second-order valence-corrected chi connectivity index (χ2v) is 5.01. The number of ether oxygens (including phenoxy) is 2. The molecule has 0 aliphatic rings. The van der Waals surface area contributed by atoms with E-state index in [2.05, 4.69) is 0 Å². The molecule has 0 N–H and O–H groups in total. The Morgan fingerprint density at radius 1 is 0.900 bits per heavy atom. The highest BCUT2D eigenvalue weighted by Gasteiger charge is 2.14. The van der Waals surface area contributed by atoms with Crippen molar-refractivity contribution < 1.29 is 23.9 Å². The normalized spacial score (nSPS) is 10.5. The lowest BCUT2D eigenvalue weighted by Gasteiger charge is -2.11. The van der Waals surface area contributed by atoms with Gasteiger partial charge in [-0.25, -0.2) is 0 Å². The van der Waals surface area contributed by atoms with E-state index < -0.39 is 11.9 Å². The molecular formula is C15H18O5. The summed E-state index contributed by atoms with van der Waals surface area (Å²) in [5.74, 6) is -1.07. The van der Waals surface area contributed by atoms with Gasteiger partial charge in [0.15, 0.2) is 0 Å². The van der Waals surface area contributed by atoms with Crippen molar-refractivity contribution in [3.05, 3.63) is 23.8 Å². The van der Waals surface area contributed by atoms with Crippen LogP contribution >= 0.6 is 0 Å². The molecule has 0 saturated carbocycles. The van der Waals surface area contributed by atoms with Crippen LogP contribution in [0.1, 0.15) is 38.1 Å². The van der Waals surface area contributed by atoms with E-state index in [1.165, 1.54) is 18.2 Å². The molecule has 0 amide bonds. The molecule has 0 fully saturated rings. The molecule has 0 radical (unpaired) electrons. The van der Waals surface area contributed by atoms with Crippen molar-refractivity contribution in [1.82, 2.24) is 0 Å². The molecule has 5 nitrogen and oxygen atoms in total. The van der Waals surface area contributed by atoms with Crippen molar-refractivity contribution in [1.29, 1.82) is 0 Å². The van der Waals surface area contributed by atoms with Crippen LogP contribution in [0.3, 0.4) is 0 Å². The summed E-state index contributed by atoms with van der Waals surface area (Å²) in [5, 5.41) is 0. The summed E-state index contributed by atoms with van der Waals surface area (Å²) in [7, 11) is 0. The van der Waals surface area contributed by atoms with Gasteiger partial charge in [0.2, 0.25) is 0 Å². The number of carbonyl (C=O) groups excluding carboxylic acids is 3. The van der Waals surface area contributed by atoms with Crippen molar-refractivity contribution in [2.24, 2.45) is 11.8 Å². The van der Waals surface area contributed by atoms with Gasteiger partial charge in [-0.1, -0.05) is 27.7 Å². The maximum Gasteiger partial charge on any atom is 0.313 e. The van der Waals surface area contributed by atoms with E-state index in [4.69, 9.17) is 9.47 Å². The molecule has 0 unspecified atom stereocenters. The van der Waals surface area contributed by atoms with Crippen LogP contribution in [0.5, 0.6) is 11.5 Å². The van der Waals surface area contributed by atoms with E-state index in [0.717, 1.165) is 0 Å². The molecule has 0 aliphatic carbocycles. The lowest BCUT2D eigenvalue weighted by atomic mass is 10.2. The first-order chi connectivity index (χ1) is 9.33. The standard InChI is InChI=1S/C15H18O5/c1-9(2)14(17)19-12-5-11(8-16)6-13(7-12)20-15(18)10(3)4/h5-10H,1-4H3. The lowest BCUT2D eigenvalue weighted by molar-refractivity contribution is -0.138. The Morgan fingerprint density at radius 2 is 1.30 bits per heavy atom. The summed E-state index contributed by atoms with van der Waals surface area (Å²) in [6.07, 6.45) is 0.597. The van der Waals surface area contributed by atoms with Crippen LogP contribution in [0.25, 0.3) is 0 Å². The maximum absolute atomic E-state index is 11.5.